The smallest absolute Gasteiger partial charge is 0.257 e. The molecule has 0 radical (unpaired) electrons. The fraction of sp³-hybridized carbons (Fsp3) is 0.381. The third-order valence-corrected chi connectivity index (χ3v) is 4.73. The van der Waals surface area contributed by atoms with Crippen LogP contribution in [0.4, 0.5) is 4.39 Å². The van der Waals surface area contributed by atoms with Gasteiger partial charge in [0.15, 0.2) is 6.61 Å². The maximum Gasteiger partial charge on any atom is 0.257 e. The van der Waals surface area contributed by atoms with E-state index in [4.69, 9.17) is 4.74 Å². The van der Waals surface area contributed by atoms with Crippen LogP contribution < -0.4 is 10.1 Å². The Morgan fingerprint density at radius 1 is 1.08 bits per heavy atom. The molecule has 0 aliphatic carbocycles. The molecule has 1 aliphatic heterocycles. The quantitative estimate of drug-likeness (QED) is 0.828. The summed E-state index contributed by atoms with van der Waals surface area (Å²) in [6.45, 7) is 3.75. The molecule has 138 valence electrons. The molecule has 2 aromatic carbocycles. The lowest BCUT2D eigenvalue weighted by Gasteiger charge is -2.32. The van der Waals surface area contributed by atoms with Crippen molar-refractivity contribution in [3.05, 3.63) is 66.0 Å². The summed E-state index contributed by atoms with van der Waals surface area (Å²) in [7, 11) is 0. The number of likely N-dealkylation sites (tertiary alicyclic amines) is 1. The zero-order valence-corrected chi connectivity index (χ0v) is 14.9. The molecular formula is C21H25FN2O2. The summed E-state index contributed by atoms with van der Waals surface area (Å²) in [5, 5.41) is 2.94. The molecular weight excluding hydrogens is 331 g/mol. The van der Waals surface area contributed by atoms with E-state index in [2.05, 4.69) is 34.5 Å². The molecule has 5 heteroatoms. The Morgan fingerprint density at radius 3 is 2.46 bits per heavy atom. The maximum absolute atomic E-state index is 12.8. The average Bonchev–Trinajstić information content (AvgIpc) is 2.68. The number of ether oxygens (including phenoxy) is 1. The fourth-order valence-corrected chi connectivity index (χ4v) is 3.18. The van der Waals surface area contributed by atoms with Crippen LogP contribution in [0.1, 0.15) is 18.4 Å². The number of halogens is 1. The fourth-order valence-electron chi connectivity index (χ4n) is 3.18. The summed E-state index contributed by atoms with van der Waals surface area (Å²) >= 11 is 0. The number of hydrogen-bond donors (Lipinski definition) is 1. The number of carbonyl (C=O) groups is 1. The zero-order valence-electron chi connectivity index (χ0n) is 14.9. The van der Waals surface area contributed by atoms with Crippen molar-refractivity contribution in [2.75, 3.05) is 26.2 Å². The van der Waals surface area contributed by atoms with E-state index < -0.39 is 0 Å². The van der Waals surface area contributed by atoms with Crippen LogP contribution in [0.3, 0.4) is 0 Å². The standard InChI is InChI=1S/C21H25FN2O2/c22-19-6-8-20(9-7-19)26-16-21(25)23-14-17-10-12-24(13-11-17)15-18-4-2-1-3-5-18/h1-9,17H,10-16H2,(H,23,25). The molecule has 1 saturated heterocycles. The molecule has 3 rings (SSSR count). The molecule has 0 spiro atoms. The molecule has 1 heterocycles. The van der Waals surface area contributed by atoms with Crippen LogP contribution in [0.15, 0.2) is 54.6 Å². The van der Waals surface area contributed by atoms with Gasteiger partial charge in [0.1, 0.15) is 11.6 Å². The molecule has 2 aromatic rings. The number of nitrogens with one attached hydrogen (secondary N) is 1. The Bertz CT molecular complexity index is 683. The molecule has 0 aromatic heterocycles. The highest BCUT2D eigenvalue weighted by atomic mass is 19.1. The second-order valence-corrected chi connectivity index (χ2v) is 6.75. The Kier molecular flexibility index (Phi) is 6.61. The Hall–Kier alpha value is -2.40. The Balaban J connectivity index is 1.32. The van der Waals surface area contributed by atoms with Crippen LogP contribution >= 0.6 is 0 Å². The van der Waals surface area contributed by atoms with Crippen molar-refractivity contribution in [3.8, 4) is 5.75 Å². The summed E-state index contributed by atoms with van der Waals surface area (Å²) in [5.74, 6) is 0.550. The maximum atomic E-state index is 12.8. The predicted molar refractivity (Wildman–Crippen MR) is 99.3 cm³/mol. The lowest BCUT2D eigenvalue weighted by atomic mass is 9.96. The molecule has 26 heavy (non-hydrogen) atoms. The highest BCUT2D eigenvalue weighted by Crippen LogP contribution is 2.18. The lowest BCUT2D eigenvalue weighted by molar-refractivity contribution is -0.123. The second-order valence-electron chi connectivity index (χ2n) is 6.75. The van der Waals surface area contributed by atoms with Crippen LogP contribution in [0.25, 0.3) is 0 Å². The van der Waals surface area contributed by atoms with Crippen molar-refractivity contribution in [1.82, 2.24) is 10.2 Å². The van der Waals surface area contributed by atoms with Gasteiger partial charge in [0, 0.05) is 13.1 Å². The van der Waals surface area contributed by atoms with Gasteiger partial charge in [-0.2, -0.15) is 0 Å². The van der Waals surface area contributed by atoms with E-state index >= 15 is 0 Å². The van der Waals surface area contributed by atoms with E-state index in [-0.39, 0.29) is 18.3 Å². The van der Waals surface area contributed by atoms with Crippen LogP contribution in [0.2, 0.25) is 0 Å². The van der Waals surface area contributed by atoms with Gasteiger partial charge in [-0.15, -0.1) is 0 Å². The third-order valence-electron chi connectivity index (χ3n) is 4.73. The number of carbonyl (C=O) groups excluding carboxylic acids is 1. The highest BCUT2D eigenvalue weighted by molar-refractivity contribution is 5.77. The highest BCUT2D eigenvalue weighted by Gasteiger charge is 2.19. The van der Waals surface area contributed by atoms with Gasteiger partial charge in [-0.25, -0.2) is 4.39 Å². The van der Waals surface area contributed by atoms with Gasteiger partial charge in [-0.3, -0.25) is 9.69 Å². The minimum Gasteiger partial charge on any atom is -0.484 e. The van der Waals surface area contributed by atoms with Crippen LogP contribution in [-0.4, -0.2) is 37.0 Å². The van der Waals surface area contributed by atoms with Crippen molar-refractivity contribution in [2.24, 2.45) is 5.92 Å². The van der Waals surface area contributed by atoms with Crippen LogP contribution in [0, 0.1) is 11.7 Å². The van der Waals surface area contributed by atoms with Crippen molar-refractivity contribution in [3.63, 3.8) is 0 Å². The Morgan fingerprint density at radius 2 is 1.77 bits per heavy atom. The largest absolute Gasteiger partial charge is 0.484 e. The Labute approximate surface area is 154 Å². The number of benzene rings is 2. The molecule has 1 aliphatic rings. The number of piperidine rings is 1. The van der Waals surface area contributed by atoms with Gasteiger partial charge >= 0.3 is 0 Å². The summed E-state index contributed by atoms with van der Waals surface area (Å²) in [6, 6.07) is 16.2. The second kappa shape index (κ2) is 9.34. The number of nitrogens with zero attached hydrogens (tertiary/aromatic N) is 1. The molecule has 0 bridgehead atoms. The van der Waals surface area contributed by atoms with Gasteiger partial charge < -0.3 is 10.1 Å². The summed E-state index contributed by atoms with van der Waals surface area (Å²) in [5.41, 5.74) is 1.34. The topological polar surface area (TPSA) is 41.6 Å². The summed E-state index contributed by atoms with van der Waals surface area (Å²) in [4.78, 5) is 14.4. The first-order valence-corrected chi connectivity index (χ1v) is 9.10. The van der Waals surface area contributed by atoms with Crippen molar-refractivity contribution in [1.29, 1.82) is 0 Å². The molecule has 4 nitrogen and oxygen atoms in total. The molecule has 1 fully saturated rings. The number of hydrogen-bond acceptors (Lipinski definition) is 3. The zero-order chi connectivity index (χ0) is 18.2. The van der Waals surface area contributed by atoms with Gasteiger partial charge in [0.05, 0.1) is 0 Å². The normalized spacial score (nSPS) is 15.6. The molecule has 1 amide bonds. The van der Waals surface area contributed by atoms with Crippen LogP contribution in [-0.2, 0) is 11.3 Å². The van der Waals surface area contributed by atoms with E-state index in [1.165, 1.54) is 29.8 Å². The monoisotopic (exact) mass is 356 g/mol. The van der Waals surface area contributed by atoms with Gasteiger partial charge in [0.2, 0.25) is 0 Å². The molecule has 0 unspecified atom stereocenters. The van der Waals surface area contributed by atoms with Gasteiger partial charge in [-0.1, -0.05) is 30.3 Å². The van der Waals surface area contributed by atoms with E-state index in [1.54, 1.807) is 0 Å². The first kappa shape index (κ1) is 18.4. The van der Waals surface area contributed by atoms with Crippen molar-refractivity contribution >= 4 is 5.91 Å². The van der Waals surface area contributed by atoms with E-state index in [9.17, 15) is 9.18 Å². The van der Waals surface area contributed by atoms with E-state index in [1.807, 2.05) is 6.07 Å². The van der Waals surface area contributed by atoms with Crippen molar-refractivity contribution < 1.29 is 13.9 Å². The molecule has 0 atom stereocenters. The van der Waals surface area contributed by atoms with E-state index in [0.717, 1.165) is 32.5 Å². The summed E-state index contributed by atoms with van der Waals surface area (Å²) in [6.07, 6.45) is 2.18. The number of rotatable bonds is 7. The third kappa shape index (κ3) is 5.85. The average molecular weight is 356 g/mol. The lowest BCUT2D eigenvalue weighted by Crippen LogP contribution is -2.39. The number of amides is 1. The molecule has 1 N–H and O–H groups in total. The van der Waals surface area contributed by atoms with Gasteiger partial charge in [-0.05, 0) is 61.7 Å². The van der Waals surface area contributed by atoms with E-state index in [0.29, 0.717) is 18.2 Å². The predicted octanol–water partition coefficient (Wildman–Crippen LogP) is 3.23. The minimum atomic E-state index is -0.319. The van der Waals surface area contributed by atoms with Crippen molar-refractivity contribution in [2.45, 2.75) is 19.4 Å². The minimum absolute atomic E-state index is 0.0432. The van der Waals surface area contributed by atoms with Crippen LogP contribution in [0.5, 0.6) is 5.75 Å². The summed E-state index contributed by atoms with van der Waals surface area (Å²) < 4.78 is 18.2. The van der Waals surface area contributed by atoms with Gasteiger partial charge in [0.25, 0.3) is 5.91 Å². The molecule has 0 saturated carbocycles. The first-order valence-electron chi connectivity index (χ1n) is 9.10. The first-order chi connectivity index (χ1) is 12.7. The SMILES string of the molecule is O=C(COc1ccc(F)cc1)NCC1CCN(Cc2ccccc2)CC1.